The van der Waals surface area contributed by atoms with Crippen molar-refractivity contribution in [3.63, 3.8) is 0 Å². The minimum Gasteiger partial charge on any atom is -0.457 e. The zero-order valence-electron chi connectivity index (χ0n) is 27.2. The van der Waals surface area contributed by atoms with Crippen LogP contribution in [-0.4, -0.2) is 0 Å². The van der Waals surface area contributed by atoms with Crippen molar-refractivity contribution in [3.05, 3.63) is 108 Å². The largest absolute Gasteiger partial charge is 0.457 e. The van der Waals surface area contributed by atoms with Gasteiger partial charge in [-0.3, -0.25) is 0 Å². The van der Waals surface area contributed by atoms with Gasteiger partial charge in [0.05, 0.1) is 0 Å². The molecule has 0 aromatic heterocycles. The number of rotatable bonds is 16. The summed E-state index contributed by atoms with van der Waals surface area (Å²) in [7, 11) is 0. The van der Waals surface area contributed by atoms with E-state index in [-0.39, 0.29) is 5.41 Å². The molecule has 1 unspecified atom stereocenters. The van der Waals surface area contributed by atoms with E-state index in [4.69, 9.17) is 20.9 Å². The standard InChI is InChI=1S/C41H52N2O2/c1-2-3-4-5-6-7-8-9-10-12-32-13-11-30-41(31-32,33-14-22-37(23-15-33)44-39-26-18-35(42)19-27-39)34-16-24-38(25-17-34)45-40-28-20-36(43)21-29-40/h14-29,32H,2-13,30-31,42-43H2,1H3. The average molecular weight is 605 g/mol. The summed E-state index contributed by atoms with van der Waals surface area (Å²) in [6.07, 6.45) is 18.7. The Morgan fingerprint density at radius 1 is 0.556 bits per heavy atom. The van der Waals surface area contributed by atoms with Gasteiger partial charge in [-0.1, -0.05) is 108 Å². The third kappa shape index (κ3) is 9.29. The van der Waals surface area contributed by atoms with Gasteiger partial charge in [-0.2, -0.15) is 0 Å². The molecule has 0 amide bonds. The highest BCUT2D eigenvalue weighted by Crippen LogP contribution is 2.49. The van der Waals surface area contributed by atoms with Crippen LogP contribution in [0, 0.1) is 5.92 Å². The third-order valence-corrected chi connectivity index (χ3v) is 9.61. The molecule has 1 aliphatic carbocycles. The van der Waals surface area contributed by atoms with Gasteiger partial charge in [-0.15, -0.1) is 0 Å². The van der Waals surface area contributed by atoms with Crippen LogP contribution in [0.2, 0.25) is 0 Å². The van der Waals surface area contributed by atoms with Crippen LogP contribution < -0.4 is 20.9 Å². The maximum Gasteiger partial charge on any atom is 0.127 e. The Morgan fingerprint density at radius 3 is 1.40 bits per heavy atom. The molecule has 0 aliphatic heterocycles. The van der Waals surface area contributed by atoms with E-state index in [1.54, 1.807) is 0 Å². The topological polar surface area (TPSA) is 70.5 Å². The lowest BCUT2D eigenvalue weighted by Crippen LogP contribution is -2.34. The van der Waals surface area contributed by atoms with Crippen LogP contribution in [0.5, 0.6) is 23.0 Å². The molecule has 1 saturated carbocycles. The van der Waals surface area contributed by atoms with E-state index in [2.05, 4.69) is 55.5 Å². The molecule has 1 fully saturated rings. The normalized spacial score (nSPS) is 15.9. The Hall–Kier alpha value is -3.92. The number of unbranched alkanes of at least 4 members (excludes halogenated alkanes) is 8. The van der Waals surface area contributed by atoms with Gasteiger partial charge in [0.15, 0.2) is 0 Å². The van der Waals surface area contributed by atoms with Crippen molar-refractivity contribution in [2.24, 2.45) is 5.92 Å². The fourth-order valence-corrected chi connectivity index (χ4v) is 7.10. The summed E-state index contributed by atoms with van der Waals surface area (Å²) in [6.45, 7) is 2.29. The zero-order valence-corrected chi connectivity index (χ0v) is 27.2. The van der Waals surface area contributed by atoms with Gasteiger partial charge in [-0.25, -0.2) is 0 Å². The minimum atomic E-state index is -0.0261. The monoisotopic (exact) mass is 604 g/mol. The first-order chi connectivity index (χ1) is 22.0. The summed E-state index contributed by atoms with van der Waals surface area (Å²) in [5.41, 5.74) is 15.9. The second-order valence-electron chi connectivity index (χ2n) is 13.1. The number of ether oxygens (including phenoxy) is 2. The quantitative estimate of drug-likeness (QED) is 0.0986. The minimum absolute atomic E-state index is 0.0261. The summed E-state index contributed by atoms with van der Waals surface area (Å²) in [5.74, 6) is 4.00. The Morgan fingerprint density at radius 2 is 0.956 bits per heavy atom. The highest BCUT2D eigenvalue weighted by atomic mass is 16.5. The molecule has 0 radical (unpaired) electrons. The van der Waals surface area contributed by atoms with Crippen molar-refractivity contribution >= 4 is 11.4 Å². The van der Waals surface area contributed by atoms with Crippen LogP contribution in [0.3, 0.4) is 0 Å². The lowest BCUT2D eigenvalue weighted by Gasteiger charge is -2.42. The third-order valence-electron chi connectivity index (χ3n) is 9.61. The van der Waals surface area contributed by atoms with Crippen LogP contribution in [-0.2, 0) is 5.41 Å². The lowest BCUT2D eigenvalue weighted by atomic mass is 9.61. The molecular formula is C41H52N2O2. The molecule has 238 valence electrons. The number of nitrogens with two attached hydrogens (primary N) is 2. The van der Waals surface area contributed by atoms with Crippen LogP contribution in [0.1, 0.15) is 108 Å². The molecule has 1 atom stereocenters. The molecule has 4 aromatic rings. The van der Waals surface area contributed by atoms with Crippen LogP contribution in [0.15, 0.2) is 97.1 Å². The average Bonchev–Trinajstić information content (AvgIpc) is 3.07. The Balaban J connectivity index is 1.29. The predicted molar refractivity (Wildman–Crippen MR) is 189 cm³/mol. The molecule has 4 aromatic carbocycles. The summed E-state index contributed by atoms with van der Waals surface area (Å²) < 4.78 is 12.3. The fraction of sp³-hybridized carbons (Fsp3) is 0.415. The van der Waals surface area contributed by atoms with Gasteiger partial charge in [-0.05, 0) is 103 Å². The number of anilines is 2. The lowest BCUT2D eigenvalue weighted by molar-refractivity contribution is 0.240. The summed E-state index contributed by atoms with van der Waals surface area (Å²) >= 11 is 0. The predicted octanol–water partition coefficient (Wildman–Crippen LogP) is 11.8. The van der Waals surface area contributed by atoms with E-state index in [1.165, 1.54) is 94.6 Å². The number of hydrogen-bond acceptors (Lipinski definition) is 4. The van der Waals surface area contributed by atoms with Crippen molar-refractivity contribution in [1.82, 2.24) is 0 Å². The Bertz CT molecular complexity index is 1320. The van der Waals surface area contributed by atoms with Crippen LogP contribution >= 0.6 is 0 Å². The molecule has 5 rings (SSSR count). The van der Waals surface area contributed by atoms with E-state index in [0.29, 0.717) is 0 Å². The van der Waals surface area contributed by atoms with Crippen molar-refractivity contribution in [2.75, 3.05) is 11.5 Å². The highest BCUT2D eigenvalue weighted by molar-refractivity contribution is 5.47. The zero-order chi connectivity index (χ0) is 31.3. The molecule has 0 bridgehead atoms. The number of hydrogen-bond donors (Lipinski definition) is 2. The van der Waals surface area contributed by atoms with Crippen molar-refractivity contribution in [3.8, 4) is 23.0 Å². The summed E-state index contributed by atoms with van der Waals surface area (Å²) in [5, 5.41) is 0. The van der Waals surface area contributed by atoms with Gasteiger partial charge in [0, 0.05) is 16.8 Å². The molecular weight excluding hydrogens is 552 g/mol. The molecule has 0 saturated heterocycles. The molecule has 0 heterocycles. The first-order valence-corrected chi connectivity index (χ1v) is 17.3. The molecule has 4 N–H and O–H groups in total. The number of benzene rings is 4. The van der Waals surface area contributed by atoms with Crippen molar-refractivity contribution in [2.45, 2.75) is 102 Å². The van der Waals surface area contributed by atoms with Gasteiger partial charge in [0.25, 0.3) is 0 Å². The molecule has 0 spiro atoms. The summed E-state index contributed by atoms with van der Waals surface area (Å²) in [4.78, 5) is 0. The first kappa shape index (κ1) is 32.5. The van der Waals surface area contributed by atoms with E-state index < -0.39 is 0 Å². The Kier molecular flexibility index (Phi) is 11.8. The van der Waals surface area contributed by atoms with E-state index in [0.717, 1.165) is 46.7 Å². The van der Waals surface area contributed by atoms with Gasteiger partial charge in [0.1, 0.15) is 23.0 Å². The summed E-state index contributed by atoms with van der Waals surface area (Å²) in [6, 6.07) is 32.8. The Labute approximate surface area is 271 Å². The van der Waals surface area contributed by atoms with E-state index in [1.807, 2.05) is 48.5 Å². The highest BCUT2D eigenvalue weighted by Gasteiger charge is 2.39. The smallest absolute Gasteiger partial charge is 0.127 e. The van der Waals surface area contributed by atoms with Gasteiger partial charge in [0.2, 0.25) is 0 Å². The van der Waals surface area contributed by atoms with Crippen molar-refractivity contribution < 1.29 is 9.47 Å². The van der Waals surface area contributed by atoms with Gasteiger partial charge < -0.3 is 20.9 Å². The SMILES string of the molecule is CCCCCCCCCCCC1CCCC(c2ccc(Oc3ccc(N)cc3)cc2)(c2ccc(Oc3ccc(N)cc3)cc2)C1. The molecule has 1 aliphatic rings. The van der Waals surface area contributed by atoms with E-state index >= 15 is 0 Å². The van der Waals surface area contributed by atoms with Gasteiger partial charge >= 0.3 is 0 Å². The first-order valence-electron chi connectivity index (χ1n) is 17.3. The van der Waals surface area contributed by atoms with Crippen LogP contribution in [0.4, 0.5) is 11.4 Å². The molecule has 45 heavy (non-hydrogen) atoms. The van der Waals surface area contributed by atoms with Crippen molar-refractivity contribution in [1.29, 1.82) is 0 Å². The molecule has 4 nitrogen and oxygen atoms in total. The fourth-order valence-electron chi connectivity index (χ4n) is 7.10. The molecule has 4 heteroatoms. The van der Waals surface area contributed by atoms with Crippen LogP contribution in [0.25, 0.3) is 0 Å². The maximum atomic E-state index is 6.15. The number of nitrogen functional groups attached to an aromatic ring is 2. The second kappa shape index (κ2) is 16.4. The maximum absolute atomic E-state index is 6.15. The van der Waals surface area contributed by atoms with E-state index in [9.17, 15) is 0 Å². The second-order valence-corrected chi connectivity index (χ2v) is 13.1.